The van der Waals surface area contributed by atoms with Gasteiger partial charge in [-0.05, 0) is 51.8 Å². The van der Waals surface area contributed by atoms with Crippen LogP contribution in [0.2, 0.25) is 5.02 Å². The lowest BCUT2D eigenvalue weighted by atomic mass is 10.1. The normalized spacial score (nSPS) is 14.5. The Kier molecular flexibility index (Phi) is 7.12. The first-order chi connectivity index (χ1) is 16.2. The van der Waals surface area contributed by atoms with Gasteiger partial charge in [0.2, 0.25) is 0 Å². The Morgan fingerprint density at radius 2 is 1.85 bits per heavy atom. The van der Waals surface area contributed by atoms with Crippen molar-refractivity contribution in [3.8, 4) is 23.0 Å². The van der Waals surface area contributed by atoms with Gasteiger partial charge < -0.3 is 19.7 Å². The Morgan fingerprint density at radius 3 is 2.53 bits per heavy atom. The van der Waals surface area contributed by atoms with E-state index in [2.05, 4.69) is 25.3 Å². The molecule has 1 N–H and O–H groups in total. The topological polar surface area (TPSA) is 102 Å². The molecular weight excluding hydrogens is 456 g/mol. The molecule has 3 aromatic rings. The molecule has 9 nitrogen and oxygen atoms in total. The number of nitrogens with zero attached hydrogens (tertiary/aromatic N) is 5. The zero-order valence-corrected chi connectivity index (χ0v) is 20.1. The fraction of sp³-hybridized carbons (Fsp3) is 0.375. The van der Waals surface area contributed by atoms with Crippen LogP contribution in [0.1, 0.15) is 33.6 Å². The highest BCUT2D eigenvalue weighted by atomic mass is 35.5. The molecule has 4 rings (SSSR count). The number of rotatable bonds is 5. The predicted octanol–water partition coefficient (Wildman–Crippen LogP) is 5.19. The van der Waals surface area contributed by atoms with Gasteiger partial charge in [-0.2, -0.15) is 0 Å². The first kappa shape index (κ1) is 23.7. The average Bonchev–Trinajstić information content (AvgIpc) is 2.79. The third kappa shape index (κ3) is 6.54. The van der Waals surface area contributed by atoms with Gasteiger partial charge in [0.25, 0.3) is 0 Å². The number of amides is 1. The Hall–Kier alpha value is -3.46. The maximum atomic E-state index is 12.3. The largest absolute Gasteiger partial charge is 0.444 e. The number of benzene rings is 1. The molecule has 34 heavy (non-hydrogen) atoms. The van der Waals surface area contributed by atoms with E-state index in [0.29, 0.717) is 40.9 Å². The molecule has 1 aromatic carbocycles. The number of carbonyl (C=O) groups excluding carboxylic acids is 1. The molecule has 178 valence electrons. The lowest BCUT2D eigenvalue weighted by Crippen LogP contribution is -2.44. The smallest absolute Gasteiger partial charge is 0.410 e. The van der Waals surface area contributed by atoms with Gasteiger partial charge in [-0.3, -0.25) is 4.98 Å². The van der Waals surface area contributed by atoms with Crippen LogP contribution in [0, 0.1) is 0 Å². The van der Waals surface area contributed by atoms with Gasteiger partial charge in [0.05, 0.1) is 18.1 Å². The molecule has 0 unspecified atom stereocenters. The number of anilines is 1. The standard InChI is InChI=1S/C24H27ClN6O3/c1-24(2,3)34-23(32)31-9-7-18(8-10-31)29-21-15-26-14-20(30-21)16-12-27-22(28-13-16)33-19-6-4-5-17(25)11-19/h4-6,11-15,18H,7-10H2,1-3H3,(H,29,30). The van der Waals surface area contributed by atoms with Gasteiger partial charge in [-0.1, -0.05) is 17.7 Å². The fourth-order valence-corrected chi connectivity index (χ4v) is 3.63. The second-order valence-corrected chi connectivity index (χ2v) is 9.43. The third-order valence-electron chi connectivity index (χ3n) is 5.06. The first-order valence-corrected chi connectivity index (χ1v) is 11.5. The lowest BCUT2D eigenvalue weighted by Gasteiger charge is -2.33. The second kappa shape index (κ2) is 10.2. The van der Waals surface area contributed by atoms with Crippen LogP contribution in [-0.4, -0.2) is 55.7 Å². The zero-order chi connectivity index (χ0) is 24.1. The van der Waals surface area contributed by atoms with Crippen LogP contribution in [0.3, 0.4) is 0 Å². The summed E-state index contributed by atoms with van der Waals surface area (Å²) in [4.78, 5) is 31.5. The highest BCUT2D eigenvalue weighted by molar-refractivity contribution is 6.30. The first-order valence-electron chi connectivity index (χ1n) is 11.1. The summed E-state index contributed by atoms with van der Waals surface area (Å²) in [5.41, 5.74) is 0.866. The SMILES string of the molecule is CC(C)(C)OC(=O)N1CCC(Nc2cncc(-c3cnc(Oc4cccc(Cl)c4)nc3)n2)CC1. The molecule has 0 bridgehead atoms. The van der Waals surface area contributed by atoms with E-state index in [0.717, 1.165) is 12.8 Å². The van der Waals surface area contributed by atoms with Crippen molar-refractivity contribution in [2.24, 2.45) is 0 Å². The highest BCUT2D eigenvalue weighted by Crippen LogP contribution is 2.24. The molecule has 1 aliphatic rings. The molecular formula is C24H27ClN6O3. The fourth-order valence-electron chi connectivity index (χ4n) is 3.45. The third-order valence-corrected chi connectivity index (χ3v) is 5.30. The maximum Gasteiger partial charge on any atom is 0.410 e. The molecule has 3 heterocycles. The summed E-state index contributed by atoms with van der Waals surface area (Å²) in [6.07, 6.45) is 7.94. The summed E-state index contributed by atoms with van der Waals surface area (Å²) in [5.74, 6) is 1.22. The molecule has 10 heteroatoms. The minimum Gasteiger partial charge on any atom is -0.444 e. The number of piperidine rings is 1. The average molecular weight is 483 g/mol. The molecule has 0 radical (unpaired) electrons. The lowest BCUT2D eigenvalue weighted by molar-refractivity contribution is 0.0210. The van der Waals surface area contributed by atoms with E-state index >= 15 is 0 Å². The van der Waals surface area contributed by atoms with Crippen LogP contribution in [-0.2, 0) is 4.74 Å². The van der Waals surface area contributed by atoms with Crippen molar-refractivity contribution in [1.82, 2.24) is 24.8 Å². The molecule has 0 saturated carbocycles. The van der Waals surface area contributed by atoms with E-state index < -0.39 is 5.60 Å². The summed E-state index contributed by atoms with van der Waals surface area (Å²) in [5, 5.41) is 3.99. The number of ether oxygens (including phenoxy) is 2. The van der Waals surface area contributed by atoms with Crippen molar-refractivity contribution < 1.29 is 14.3 Å². The van der Waals surface area contributed by atoms with Crippen molar-refractivity contribution in [2.75, 3.05) is 18.4 Å². The number of likely N-dealkylation sites (tertiary alicyclic amines) is 1. The molecule has 0 atom stereocenters. The van der Waals surface area contributed by atoms with Gasteiger partial charge in [-0.15, -0.1) is 0 Å². The Labute approximate surface area is 203 Å². The van der Waals surface area contributed by atoms with Crippen molar-refractivity contribution >= 4 is 23.5 Å². The maximum absolute atomic E-state index is 12.3. The number of nitrogens with one attached hydrogen (secondary N) is 1. The van der Waals surface area contributed by atoms with E-state index in [1.807, 2.05) is 20.8 Å². The van der Waals surface area contributed by atoms with Crippen LogP contribution < -0.4 is 10.1 Å². The molecule has 1 amide bonds. The van der Waals surface area contributed by atoms with Crippen LogP contribution >= 0.6 is 11.6 Å². The van der Waals surface area contributed by atoms with Gasteiger partial charge in [-0.25, -0.2) is 19.7 Å². The van der Waals surface area contributed by atoms with Crippen molar-refractivity contribution in [2.45, 2.75) is 45.3 Å². The summed E-state index contributed by atoms with van der Waals surface area (Å²) >= 11 is 5.98. The van der Waals surface area contributed by atoms with Crippen molar-refractivity contribution in [3.63, 3.8) is 0 Å². The van der Waals surface area contributed by atoms with E-state index in [-0.39, 0.29) is 18.1 Å². The molecule has 1 aliphatic heterocycles. The van der Waals surface area contributed by atoms with Crippen LogP contribution in [0.5, 0.6) is 11.8 Å². The molecule has 0 aliphatic carbocycles. The minimum absolute atomic E-state index is 0.188. The number of carbonyl (C=O) groups is 1. The minimum atomic E-state index is -0.495. The molecule has 2 aromatic heterocycles. The van der Waals surface area contributed by atoms with Gasteiger partial charge >= 0.3 is 12.1 Å². The second-order valence-electron chi connectivity index (χ2n) is 8.99. The Bertz CT molecular complexity index is 1130. The molecule has 1 saturated heterocycles. The highest BCUT2D eigenvalue weighted by Gasteiger charge is 2.27. The molecule has 0 spiro atoms. The van der Waals surface area contributed by atoms with Crippen molar-refractivity contribution in [1.29, 1.82) is 0 Å². The zero-order valence-electron chi connectivity index (χ0n) is 19.4. The molecule has 1 fully saturated rings. The van der Waals surface area contributed by atoms with Crippen LogP contribution in [0.25, 0.3) is 11.3 Å². The van der Waals surface area contributed by atoms with Crippen molar-refractivity contribution in [3.05, 3.63) is 54.1 Å². The van der Waals surface area contributed by atoms with Gasteiger partial charge in [0, 0.05) is 42.1 Å². The summed E-state index contributed by atoms with van der Waals surface area (Å²) in [6, 6.07) is 7.43. The van der Waals surface area contributed by atoms with Gasteiger partial charge in [0.15, 0.2) is 0 Å². The number of hydrogen-bond donors (Lipinski definition) is 1. The predicted molar refractivity (Wildman–Crippen MR) is 129 cm³/mol. The van der Waals surface area contributed by atoms with E-state index in [4.69, 9.17) is 21.1 Å². The number of hydrogen-bond acceptors (Lipinski definition) is 8. The van der Waals surface area contributed by atoms with Crippen LogP contribution in [0.4, 0.5) is 10.6 Å². The summed E-state index contributed by atoms with van der Waals surface area (Å²) in [7, 11) is 0. The van der Waals surface area contributed by atoms with E-state index in [1.54, 1.807) is 54.0 Å². The van der Waals surface area contributed by atoms with Crippen LogP contribution in [0.15, 0.2) is 49.1 Å². The van der Waals surface area contributed by atoms with E-state index in [9.17, 15) is 4.79 Å². The quantitative estimate of drug-likeness (QED) is 0.530. The number of halogens is 1. The van der Waals surface area contributed by atoms with E-state index in [1.165, 1.54) is 0 Å². The Morgan fingerprint density at radius 1 is 1.12 bits per heavy atom. The summed E-state index contributed by atoms with van der Waals surface area (Å²) in [6.45, 7) is 6.87. The Balaban J connectivity index is 1.34. The summed E-state index contributed by atoms with van der Waals surface area (Å²) < 4.78 is 11.1. The number of aromatic nitrogens is 4. The van der Waals surface area contributed by atoms with Gasteiger partial charge in [0.1, 0.15) is 17.2 Å². The monoisotopic (exact) mass is 482 g/mol.